The monoisotopic (exact) mass is 250 g/mol. The molecular formula is C13H18N2O3. The fourth-order valence-corrected chi connectivity index (χ4v) is 2.19. The molecule has 5 nitrogen and oxygen atoms in total. The van der Waals surface area contributed by atoms with Crippen molar-refractivity contribution in [2.24, 2.45) is 5.92 Å². The van der Waals surface area contributed by atoms with E-state index in [-0.39, 0.29) is 10.6 Å². The van der Waals surface area contributed by atoms with E-state index in [1.54, 1.807) is 13.0 Å². The van der Waals surface area contributed by atoms with Gasteiger partial charge in [-0.3, -0.25) is 10.1 Å². The smallest absolute Gasteiger partial charge is 0.272 e. The highest BCUT2D eigenvalue weighted by Crippen LogP contribution is 2.26. The second kappa shape index (κ2) is 5.35. The van der Waals surface area contributed by atoms with Crippen LogP contribution in [0.3, 0.4) is 0 Å². The third-order valence-electron chi connectivity index (χ3n) is 3.34. The van der Waals surface area contributed by atoms with Crippen molar-refractivity contribution in [3.63, 3.8) is 0 Å². The molecule has 1 atom stereocenters. The molecule has 0 aliphatic carbocycles. The summed E-state index contributed by atoms with van der Waals surface area (Å²) in [6.45, 7) is 6.15. The lowest BCUT2D eigenvalue weighted by Crippen LogP contribution is -2.14. The van der Waals surface area contributed by atoms with Crippen molar-refractivity contribution in [3.05, 3.63) is 33.4 Å². The number of nitro benzene ring substituents is 1. The highest BCUT2D eigenvalue weighted by atomic mass is 16.6. The molecule has 1 aliphatic rings. The van der Waals surface area contributed by atoms with Gasteiger partial charge in [0.15, 0.2) is 0 Å². The lowest BCUT2D eigenvalue weighted by atomic mass is 10.1. The van der Waals surface area contributed by atoms with Crippen LogP contribution in [0.15, 0.2) is 12.1 Å². The number of benzene rings is 1. The SMILES string of the molecule is Cc1cc([N+](=O)[O-])c(C)cc1NCC1CCOC1. The van der Waals surface area contributed by atoms with Gasteiger partial charge in [0.1, 0.15) is 0 Å². The first-order valence-corrected chi connectivity index (χ1v) is 6.15. The number of nitro groups is 1. The van der Waals surface area contributed by atoms with Crippen LogP contribution in [0.5, 0.6) is 0 Å². The van der Waals surface area contributed by atoms with E-state index in [4.69, 9.17) is 4.74 Å². The number of anilines is 1. The van der Waals surface area contributed by atoms with Crippen molar-refractivity contribution in [2.45, 2.75) is 20.3 Å². The zero-order chi connectivity index (χ0) is 13.1. The van der Waals surface area contributed by atoms with Crippen LogP contribution in [0.25, 0.3) is 0 Å². The molecule has 1 unspecified atom stereocenters. The molecule has 1 aromatic carbocycles. The average molecular weight is 250 g/mol. The Hall–Kier alpha value is -1.62. The summed E-state index contributed by atoms with van der Waals surface area (Å²) < 4.78 is 5.32. The molecule has 0 radical (unpaired) electrons. The van der Waals surface area contributed by atoms with Crippen LogP contribution in [-0.2, 0) is 4.74 Å². The number of hydrogen-bond donors (Lipinski definition) is 1. The first-order valence-electron chi connectivity index (χ1n) is 6.15. The molecule has 18 heavy (non-hydrogen) atoms. The van der Waals surface area contributed by atoms with Crippen LogP contribution >= 0.6 is 0 Å². The van der Waals surface area contributed by atoms with Gasteiger partial charge in [-0.1, -0.05) is 0 Å². The predicted octanol–water partition coefficient (Wildman–Crippen LogP) is 2.66. The molecule has 1 heterocycles. The lowest BCUT2D eigenvalue weighted by Gasteiger charge is -2.13. The van der Waals surface area contributed by atoms with Gasteiger partial charge in [0.2, 0.25) is 0 Å². The summed E-state index contributed by atoms with van der Waals surface area (Å²) in [5.74, 6) is 0.542. The molecular weight excluding hydrogens is 232 g/mol. The van der Waals surface area contributed by atoms with E-state index in [9.17, 15) is 10.1 Å². The van der Waals surface area contributed by atoms with E-state index in [2.05, 4.69) is 5.32 Å². The van der Waals surface area contributed by atoms with Gasteiger partial charge in [-0.25, -0.2) is 0 Å². The first kappa shape index (κ1) is 12.8. The third kappa shape index (κ3) is 2.79. The number of nitrogens with one attached hydrogen (secondary N) is 1. The highest BCUT2D eigenvalue weighted by Gasteiger charge is 2.17. The predicted molar refractivity (Wildman–Crippen MR) is 70.0 cm³/mol. The van der Waals surface area contributed by atoms with Gasteiger partial charge in [-0.15, -0.1) is 0 Å². The molecule has 98 valence electrons. The van der Waals surface area contributed by atoms with E-state index in [0.717, 1.165) is 37.4 Å². The van der Waals surface area contributed by atoms with Gasteiger partial charge in [0.25, 0.3) is 5.69 Å². The topological polar surface area (TPSA) is 64.4 Å². The van der Waals surface area contributed by atoms with Gasteiger partial charge >= 0.3 is 0 Å². The first-order chi connectivity index (χ1) is 8.58. The van der Waals surface area contributed by atoms with Gasteiger partial charge in [0.05, 0.1) is 11.5 Å². The Balaban J connectivity index is 2.08. The zero-order valence-corrected chi connectivity index (χ0v) is 10.7. The van der Waals surface area contributed by atoms with E-state index in [0.29, 0.717) is 11.5 Å². The Morgan fingerprint density at radius 2 is 2.22 bits per heavy atom. The molecule has 2 rings (SSSR count). The fourth-order valence-electron chi connectivity index (χ4n) is 2.19. The van der Waals surface area contributed by atoms with Gasteiger partial charge in [-0.2, -0.15) is 0 Å². The van der Waals surface area contributed by atoms with Crippen molar-refractivity contribution in [1.29, 1.82) is 0 Å². The highest BCUT2D eigenvalue weighted by molar-refractivity contribution is 5.59. The van der Waals surface area contributed by atoms with E-state index >= 15 is 0 Å². The Morgan fingerprint density at radius 3 is 2.83 bits per heavy atom. The fraction of sp³-hybridized carbons (Fsp3) is 0.538. The van der Waals surface area contributed by atoms with E-state index in [1.165, 1.54) is 0 Å². The average Bonchev–Trinajstić information content (AvgIpc) is 2.82. The molecule has 1 aromatic rings. The van der Waals surface area contributed by atoms with Crippen molar-refractivity contribution < 1.29 is 9.66 Å². The Morgan fingerprint density at radius 1 is 1.44 bits per heavy atom. The molecule has 0 spiro atoms. The van der Waals surface area contributed by atoms with Crippen molar-refractivity contribution >= 4 is 11.4 Å². The Kier molecular flexibility index (Phi) is 3.81. The number of nitrogens with zero attached hydrogens (tertiary/aromatic N) is 1. The second-order valence-electron chi connectivity index (χ2n) is 4.82. The third-order valence-corrected chi connectivity index (χ3v) is 3.34. The summed E-state index contributed by atoms with van der Waals surface area (Å²) in [6.07, 6.45) is 1.08. The van der Waals surface area contributed by atoms with Gasteiger partial charge in [0, 0.05) is 36.4 Å². The molecule has 5 heteroatoms. The second-order valence-corrected chi connectivity index (χ2v) is 4.82. The number of rotatable bonds is 4. The van der Waals surface area contributed by atoms with Crippen molar-refractivity contribution in [2.75, 3.05) is 25.1 Å². The van der Waals surface area contributed by atoms with Crippen molar-refractivity contribution in [1.82, 2.24) is 0 Å². The molecule has 0 bridgehead atoms. The van der Waals surface area contributed by atoms with Gasteiger partial charge < -0.3 is 10.1 Å². The Bertz CT molecular complexity index is 454. The molecule has 0 amide bonds. The molecule has 1 fully saturated rings. The summed E-state index contributed by atoms with van der Waals surface area (Å²) in [5, 5.41) is 14.2. The molecule has 0 aromatic heterocycles. The van der Waals surface area contributed by atoms with Crippen LogP contribution in [0, 0.1) is 29.9 Å². The maximum absolute atomic E-state index is 10.8. The number of aryl methyl sites for hydroxylation is 2. The van der Waals surface area contributed by atoms with E-state index < -0.39 is 0 Å². The zero-order valence-electron chi connectivity index (χ0n) is 10.7. The number of ether oxygens (including phenoxy) is 1. The van der Waals surface area contributed by atoms with Crippen LogP contribution in [0.4, 0.5) is 11.4 Å². The Labute approximate surface area is 106 Å². The molecule has 1 saturated heterocycles. The molecule has 0 saturated carbocycles. The van der Waals surface area contributed by atoms with Gasteiger partial charge in [-0.05, 0) is 31.9 Å². The minimum atomic E-state index is -0.336. The summed E-state index contributed by atoms with van der Waals surface area (Å²) in [5.41, 5.74) is 2.76. The largest absolute Gasteiger partial charge is 0.384 e. The van der Waals surface area contributed by atoms with Crippen LogP contribution in [-0.4, -0.2) is 24.7 Å². The van der Waals surface area contributed by atoms with Crippen LogP contribution in [0.2, 0.25) is 0 Å². The lowest BCUT2D eigenvalue weighted by molar-refractivity contribution is -0.385. The quantitative estimate of drug-likeness (QED) is 0.659. The van der Waals surface area contributed by atoms with Crippen LogP contribution in [0.1, 0.15) is 17.5 Å². The summed E-state index contributed by atoms with van der Waals surface area (Å²) >= 11 is 0. The molecule has 1 aliphatic heterocycles. The summed E-state index contributed by atoms with van der Waals surface area (Å²) in [7, 11) is 0. The number of hydrogen-bond acceptors (Lipinski definition) is 4. The molecule has 1 N–H and O–H groups in total. The minimum Gasteiger partial charge on any atom is -0.384 e. The standard InChI is InChI=1S/C13H18N2O3/c1-9-6-13(15(16)17)10(2)5-12(9)14-7-11-3-4-18-8-11/h5-6,11,14H,3-4,7-8H2,1-2H3. The maximum Gasteiger partial charge on any atom is 0.272 e. The summed E-state index contributed by atoms with van der Waals surface area (Å²) in [4.78, 5) is 10.5. The summed E-state index contributed by atoms with van der Waals surface area (Å²) in [6, 6.07) is 3.48. The maximum atomic E-state index is 10.8. The normalized spacial score (nSPS) is 18.9. The van der Waals surface area contributed by atoms with Crippen LogP contribution < -0.4 is 5.32 Å². The van der Waals surface area contributed by atoms with E-state index in [1.807, 2.05) is 13.0 Å². The minimum absolute atomic E-state index is 0.183. The van der Waals surface area contributed by atoms with Crippen molar-refractivity contribution in [3.8, 4) is 0 Å².